The second-order valence-electron chi connectivity index (χ2n) is 4.23. The number of rotatable bonds is 3. The Balaban J connectivity index is 2.07. The summed E-state index contributed by atoms with van der Waals surface area (Å²) in [7, 11) is 0. The molecular weight excluding hydrogens is 216 g/mol. The average Bonchev–Trinajstić information content (AvgIpc) is 2.34. The predicted molar refractivity (Wildman–Crippen MR) is 64.3 cm³/mol. The molecule has 0 saturated carbocycles. The zero-order valence-corrected chi connectivity index (χ0v) is 9.82. The Labute approximate surface area is 100 Å². The van der Waals surface area contributed by atoms with Gasteiger partial charge in [-0.3, -0.25) is 9.59 Å². The van der Waals surface area contributed by atoms with Gasteiger partial charge in [-0.2, -0.15) is 0 Å². The van der Waals surface area contributed by atoms with Crippen LogP contribution in [0.3, 0.4) is 0 Å². The van der Waals surface area contributed by atoms with Crippen LogP contribution in [0.2, 0.25) is 0 Å². The summed E-state index contributed by atoms with van der Waals surface area (Å²) in [5.74, 6) is -1.11. The summed E-state index contributed by atoms with van der Waals surface area (Å²) in [5, 5.41) is 5.25. The maximum atomic E-state index is 11.2. The summed E-state index contributed by atoms with van der Waals surface area (Å²) in [4.78, 5) is 22.2. The largest absolute Gasteiger partial charge is 0.345 e. The molecule has 0 spiro atoms. The summed E-state index contributed by atoms with van der Waals surface area (Å²) in [6.45, 7) is 2.60. The van der Waals surface area contributed by atoms with Gasteiger partial charge in [-0.25, -0.2) is 0 Å². The standard InChI is InChI=1S/C13H16N2O2/c1-2-3-9-4-6-10(7-5-9)11-8-14-12(16)13(17)15-11/h4-7,11H,2-3,8H2,1H3,(H,14,16)(H,15,17). The number of carbonyl (C=O) groups is 2. The van der Waals surface area contributed by atoms with Crippen LogP contribution in [0.25, 0.3) is 0 Å². The minimum atomic E-state index is -0.557. The van der Waals surface area contributed by atoms with Gasteiger partial charge in [0.05, 0.1) is 6.04 Å². The molecule has 2 amide bonds. The second-order valence-corrected chi connectivity index (χ2v) is 4.23. The maximum absolute atomic E-state index is 11.2. The lowest BCUT2D eigenvalue weighted by Crippen LogP contribution is -2.51. The highest BCUT2D eigenvalue weighted by molar-refractivity contribution is 6.35. The van der Waals surface area contributed by atoms with E-state index in [1.807, 2.05) is 12.1 Å². The molecule has 0 bridgehead atoms. The minimum Gasteiger partial charge on any atom is -0.345 e. The zero-order chi connectivity index (χ0) is 12.3. The molecule has 1 atom stereocenters. The van der Waals surface area contributed by atoms with E-state index in [1.165, 1.54) is 5.56 Å². The molecule has 1 aromatic carbocycles. The van der Waals surface area contributed by atoms with Crippen LogP contribution in [-0.4, -0.2) is 18.4 Å². The lowest BCUT2D eigenvalue weighted by Gasteiger charge is -2.24. The van der Waals surface area contributed by atoms with E-state index in [-0.39, 0.29) is 6.04 Å². The van der Waals surface area contributed by atoms with Gasteiger partial charge in [0.1, 0.15) is 0 Å². The molecule has 4 nitrogen and oxygen atoms in total. The lowest BCUT2D eigenvalue weighted by molar-refractivity contribution is -0.141. The van der Waals surface area contributed by atoms with Crippen LogP contribution < -0.4 is 10.6 Å². The van der Waals surface area contributed by atoms with E-state index in [1.54, 1.807) is 0 Å². The van der Waals surface area contributed by atoms with Gasteiger partial charge in [-0.05, 0) is 17.5 Å². The van der Waals surface area contributed by atoms with Crippen molar-refractivity contribution in [1.82, 2.24) is 10.6 Å². The first-order chi connectivity index (χ1) is 8.20. The number of amides is 2. The molecule has 1 unspecified atom stereocenters. The minimum absolute atomic E-state index is 0.115. The molecule has 2 N–H and O–H groups in total. The molecule has 1 heterocycles. The van der Waals surface area contributed by atoms with Crippen LogP contribution in [0, 0.1) is 0 Å². The van der Waals surface area contributed by atoms with Crippen molar-refractivity contribution in [2.75, 3.05) is 6.54 Å². The topological polar surface area (TPSA) is 58.2 Å². The van der Waals surface area contributed by atoms with Gasteiger partial charge in [0.15, 0.2) is 0 Å². The molecule has 4 heteroatoms. The maximum Gasteiger partial charge on any atom is 0.309 e. The van der Waals surface area contributed by atoms with Gasteiger partial charge < -0.3 is 10.6 Å². The van der Waals surface area contributed by atoms with Crippen LogP contribution in [0.15, 0.2) is 24.3 Å². The van der Waals surface area contributed by atoms with Gasteiger partial charge >= 0.3 is 11.8 Å². The molecule has 17 heavy (non-hydrogen) atoms. The summed E-state index contributed by atoms with van der Waals surface area (Å²) in [6, 6.07) is 8.04. The first-order valence-electron chi connectivity index (χ1n) is 5.88. The smallest absolute Gasteiger partial charge is 0.309 e. The molecule has 0 aliphatic carbocycles. The van der Waals surface area contributed by atoms with Crippen LogP contribution in [0.1, 0.15) is 30.5 Å². The Hall–Kier alpha value is -1.84. The lowest BCUT2D eigenvalue weighted by atomic mass is 10.0. The van der Waals surface area contributed by atoms with Crippen LogP contribution >= 0.6 is 0 Å². The summed E-state index contributed by atoms with van der Waals surface area (Å²) < 4.78 is 0. The first-order valence-corrected chi connectivity index (χ1v) is 5.88. The van der Waals surface area contributed by atoms with Gasteiger partial charge in [-0.15, -0.1) is 0 Å². The molecule has 1 fully saturated rings. The Morgan fingerprint density at radius 2 is 1.88 bits per heavy atom. The van der Waals surface area contributed by atoms with Crippen LogP contribution in [0.4, 0.5) is 0 Å². The van der Waals surface area contributed by atoms with E-state index >= 15 is 0 Å². The third kappa shape index (κ3) is 2.64. The van der Waals surface area contributed by atoms with Crippen molar-refractivity contribution >= 4 is 11.8 Å². The van der Waals surface area contributed by atoms with Gasteiger partial charge in [0.2, 0.25) is 0 Å². The number of hydrogen-bond acceptors (Lipinski definition) is 2. The van der Waals surface area contributed by atoms with Crippen molar-refractivity contribution in [3.63, 3.8) is 0 Å². The van der Waals surface area contributed by atoms with Crippen LogP contribution in [-0.2, 0) is 16.0 Å². The molecular formula is C13H16N2O2. The van der Waals surface area contributed by atoms with E-state index in [0.29, 0.717) is 6.54 Å². The second kappa shape index (κ2) is 4.99. The summed E-state index contributed by atoms with van der Waals surface area (Å²) >= 11 is 0. The highest BCUT2D eigenvalue weighted by Crippen LogP contribution is 2.15. The number of hydrogen-bond donors (Lipinski definition) is 2. The number of nitrogens with one attached hydrogen (secondary N) is 2. The molecule has 0 aromatic heterocycles. The van der Waals surface area contributed by atoms with E-state index in [2.05, 4.69) is 29.7 Å². The Bertz CT molecular complexity index is 426. The number of benzene rings is 1. The van der Waals surface area contributed by atoms with Crippen molar-refractivity contribution in [2.45, 2.75) is 25.8 Å². The average molecular weight is 232 g/mol. The summed E-state index contributed by atoms with van der Waals surface area (Å²) in [5.41, 5.74) is 2.32. The Morgan fingerprint density at radius 1 is 1.18 bits per heavy atom. The SMILES string of the molecule is CCCc1ccc(C2CNC(=O)C(=O)N2)cc1. The molecule has 1 saturated heterocycles. The van der Waals surface area contributed by atoms with Gasteiger partial charge in [0.25, 0.3) is 0 Å². The molecule has 90 valence electrons. The van der Waals surface area contributed by atoms with E-state index in [4.69, 9.17) is 0 Å². The third-order valence-electron chi connectivity index (χ3n) is 2.90. The van der Waals surface area contributed by atoms with Crippen molar-refractivity contribution < 1.29 is 9.59 Å². The normalized spacial score (nSPS) is 19.7. The first kappa shape index (κ1) is 11.6. The molecule has 1 aliphatic heterocycles. The van der Waals surface area contributed by atoms with Crippen molar-refractivity contribution in [3.8, 4) is 0 Å². The number of piperazine rings is 1. The molecule has 2 rings (SSSR count). The Morgan fingerprint density at radius 3 is 2.47 bits per heavy atom. The highest BCUT2D eigenvalue weighted by atomic mass is 16.2. The molecule has 0 radical (unpaired) electrons. The highest BCUT2D eigenvalue weighted by Gasteiger charge is 2.25. The van der Waals surface area contributed by atoms with Gasteiger partial charge in [0, 0.05) is 6.54 Å². The van der Waals surface area contributed by atoms with E-state index < -0.39 is 11.8 Å². The van der Waals surface area contributed by atoms with Crippen molar-refractivity contribution in [2.24, 2.45) is 0 Å². The molecule has 1 aliphatic rings. The zero-order valence-electron chi connectivity index (χ0n) is 9.82. The fraction of sp³-hybridized carbons (Fsp3) is 0.385. The van der Waals surface area contributed by atoms with Crippen LogP contribution in [0.5, 0.6) is 0 Å². The van der Waals surface area contributed by atoms with Crippen molar-refractivity contribution in [3.05, 3.63) is 35.4 Å². The molecule has 1 aromatic rings. The van der Waals surface area contributed by atoms with Gasteiger partial charge in [-0.1, -0.05) is 37.6 Å². The van der Waals surface area contributed by atoms with Crippen molar-refractivity contribution in [1.29, 1.82) is 0 Å². The third-order valence-corrected chi connectivity index (χ3v) is 2.90. The monoisotopic (exact) mass is 232 g/mol. The fourth-order valence-corrected chi connectivity index (χ4v) is 1.96. The summed E-state index contributed by atoms with van der Waals surface area (Å²) in [6.07, 6.45) is 2.18. The van der Waals surface area contributed by atoms with E-state index in [0.717, 1.165) is 18.4 Å². The Kier molecular flexibility index (Phi) is 3.42. The number of aryl methyl sites for hydroxylation is 1. The number of carbonyl (C=O) groups excluding carboxylic acids is 2. The fourth-order valence-electron chi connectivity index (χ4n) is 1.96. The van der Waals surface area contributed by atoms with E-state index in [9.17, 15) is 9.59 Å². The quantitative estimate of drug-likeness (QED) is 0.762. The predicted octanol–water partition coefficient (Wildman–Crippen LogP) is 0.926.